The Morgan fingerprint density at radius 1 is 1.67 bits per heavy atom. The molecule has 5 heteroatoms. The summed E-state index contributed by atoms with van der Waals surface area (Å²) in [4.78, 5) is 14.5. The minimum absolute atomic E-state index is 0.0589. The van der Waals surface area contributed by atoms with Crippen molar-refractivity contribution in [2.75, 3.05) is 6.61 Å². The second-order valence-electron chi connectivity index (χ2n) is 2.75. The van der Waals surface area contributed by atoms with E-state index in [0.717, 1.165) is 0 Å². The van der Waals surface area contributed by atoms with Crippen molar-refractivity contribution in [3.8, 4) is 5.88 Å². The Labute approximate surface area is 92.2 Å². The van der Waals surface area contributed by atoms with Gasteiger partial charge in [-0.15, -0.1) is 6.58 Å². The number of pyridine rings is 1. The van der Waals surface area contributed by atoms with Gasteiger partial charge >= 0.3 is 5.97 Å². The van der Waals surface area contributed by atoms with Crippen molar-refractivity contribution in [3.05, 3.63) is 35.5 Å². The van der Waals surface area contributed by atoms with Crippen molar-refractivity contribution in [1.29, 1.82) is 0 Å². The van der Waals surface area contributed by atoms with Gasteiger partial charge in [0.05, 0.1) is 12.2 Å². The van der Waals surface area contributed by atoms with Crippen LogP contribution in [0, 0.1) is 0 Å². The monoisotopic (exact) mass is 227 g/mol. The van der Waals surface area contributed by atoms with E-state index in [0.29, 0.717) is 13.0 Å². The molecule has 0 saturated carbocycles. The Morgan fingerprint density at radius 2 is 2.40 bits per heavy atom. The average molecular weight is 228 g/mol. The number of carbonyl (C=O) groups is 1. The predicted octanol–water partition coefficient (Wildman–Crippen LogP) is 2.39. The maximum atomic E-state index is 10.7. The van der Waals surface area contributed by atoms with Crippen LogP contribution in [-0.4, -0.2) is 22.7 Å². The first kappa shape index (κ1) is 11.5. The molecule has 0 amide bonds. The van der Waals surface area contributed by atoms with Gasteiger partial charge in [-0.2, -0.15) is 0 Å². The number of halogens is 1. The first-order valence-corrected chi connectivity index (χ1v) is 4.66. The smallest absolute Gasteiger partial charge is 0.335 e. The Balaban J connectivity index is 2.79. The summed E-state index contributed by atoms with van der Waals surface area (Å²) in [6.07, 6.45) is 2.36. The fourth-order valence-corrected chi connectivity index (χ4v) is 1.12. The summed E-state index contributed by atoms with van der Waals surface area (Å²) in [6, 6.07) is 2.60. The van der Waals surface area contributed by atoms with E-state index in [4.69, 9.17) is 21.4 Å². The molecule has 0 aliphatic heterocycles. The molecule has 1 aromatic rings. The van der Waals surface area contributed by atoms with Gasteiger partial charge in [-0.25, -0.2) is 9.78 Å². The van der Waals surface area contributed by atoms with E-state index >= 15 is 0 Å². The topological polar surface area (TPSA) is 59.4 Å². The van der Waals surface area contributed by atoms with Crippen LogP contribution in [-0.2, 0) is 0 Å². The van der Waals surface area contributed by atoms with Crippen LogP contribution in [0.2, 0.25) is 5.15 Å². The lowest BCUT2D eigenvalue weighted by Gasteiger charge is -2.04. The molecule has 15 heavy (non-hydrogen) atoms. The molecular weight excluding hydrogens is 218 g/mol. The highest BCUT2D eigenvalue weighted by atomic mass is 35.5. The number of hydrogen-bond acceptors (Lipinski definition) is 3. The Bertz CT molecular complexity index is 379. The summed E-state index contributed by atoms with van der Waals surface area (Å²) in [6.45, 7) is 3.93. The quantitative estimate of drug-likeness (QED) is 0.477. The fraction of sp³-hybridized carbons (Fsp3) is 0.200. The molecule has 1 N–H and O–H groups in total. The van der Waals surface area contributed by atoms with Crippen molar-refractivity contribution in [3.63, 3.8) is 0 Å². The van der Waals surface area contributed by atoms with Gasteiger partial charge in [0.25, 0.3) is 0 Å². The van der Waals surface area contributed by atoms with Gasteiger partial charge in [0.1, 0.15) is 5.15 Å². The molecule has 0 bridgehead atoms. The maximum absolute atomic E-state index is 10.7. The zero-order valence-electron chi connectivity index (χ0n) is 7.94. The summed E-state index contributed by atoms with van der Waals surface area (Å²) in [7, 11) is 0. The van der Waals surface area contributed by atoms with E-state index in [2.05, 4.69) is 11.6 Å². The lowest BCUT2D eigenvalue weighted by Crippen LogP contribution is -2.02. The zero-order chi connectivity index (χ0) is 11.3. The molecule has 0 fully saturated rings. The Morgan fingerprint density at radius 3 is 3.00 bits per heavy atom. The van der Waals surface area contributed by atoms with E-state index in [-0.39, 0.29) is 16.6 Å². The Kier molecular flexibility index (Phi) is 4.12. The molecule has 1 aromatic heterocycles. The van der Waals surface area contributed by atoms with Gasteiger partial charge in [-0.1, -0.05) is 17.7 Å². The van der Waals surface area contributed by atoms with Crippen molar-refractivity contribution >= 4 is 17.6 Å². The molecule has 1 rings (SSSR count). The molecule has 0 aromatic carbocycles. The lowest BCUT2D eigenvalue weighted by atomic mass is 10.3. The van der Waals surface area contributed by atoms with E-state index in [1.54, 1.807) is 6.08 Å². The number of aromatic nitrogens is 1. The molecule has 0 aliphatic rings. The first-order chi connectivity index (χ1) is 7.13. The molecule has 0 unspecified atom stereocenters. The third-order valence-corrected chi connectivity index (χ3v) is 1.78. The van der Waals surface area contributed by atoms with Crippen LogP contribution in [0.15, 0.2) is 24.8 Å². The highest BCUT2D eigenvalue weighted by Gasteiger charge is 2.07. The largest absolute Gasteiger partial charge is 0.478 e. The highest BCUT2D eigenvalue weighted by molar-refractivity contribution is 6.29. The first-order valence-electron chi connectivity index (χ1n) is 4.28. The molecule has 0 atom stereocenters. The van der Waals surface area contributed by atoms with Gasteiger partial charge in [-0.3, -0.25) is 0 Å². The maximum Gasteiger partial charge on any atom is 0.335 e. The van der Waals surface area contributed by atoms with Crippen LogP contribution in [0.25, 0.3) is 0 Å². The molecule has 80 valence electrons. The van der Waals surface area contributed by atoms with E-state index in [9.17, 15) is 4.79 Å². The third-order valence-electron chi connectivity index (χ3n) is 1.59. The number of carboxylic acid groups (broad SMARTS) is 1. The summed E-state index contributed by atoms with van der Waals surface area (Å²) in [5.74, 6) is -0.852. The van der Waals surface area contributed by atoms with Crippen LogP contribution >= 0.6 is 11.6 Å². The van der Waals surface area contributed by atoms with Gasteiger partial charge in [0.2, 0.25) is 5.88 Å². The van der Waals surface area contributed by atoms with Crippen LogP contribution in [0.1, 0.15) is 16.8 Å². The predicted molar refractivity (Wildman–Crippen MR) is 56.5 cm³/mol. The average Bonchev–Trinajstić information content (AvgIpc) is 2.17. The van der Waals surface area contributed by atoms with Crippen molar-refractivity contribution in [1.82, 2.24) is 4.98 Å². The minimum Gasteiger partial charge on any atom is -0.478 e. The van der Waals surface area contributed by atoms with Gasteiger partial charge in [0, 0.05) is 6.07 Å². The highest BCUT2D eigenvalue weighted by Crippen LogP contribution is 2.16. The fourth-order valence-electron chi connectivity index (χ4n) is 0.917. The number of rotatable bonds is 5. The normalized spacial score (nSPS) is 9.67. The molecule has 4 nitrogen and oxygen atoms in total. The van der Waals surface area contributed by atoms with Crippen LogP contribution in [0.5, 0.6) is 5.88 Å². The Hall–Kier alpha value is -1.55. The van der Waals surface area contributed by atoms with Crippen LogP contribution < -0.4 is 4.74 Å². The SMILES string of the molecule is C=CCCOc1cc(C(=O)O)cc(Cl)n1. The second kappa shape index (κ2) is 5.36. The molecule has 1 heterocycles. The summed E-state index contributed by atoms with van der Waals surface area (Å²) in [5, 5.41) is 8.85. The van der Waals surface area contributed by atoms with E-state index < -0.39 is 5.97 Å². The van der Waals surface area contributed by atoms with Crippen molar-refractivity contribution in [2.24, 2.45) is 0 Å². The molecule has 0 radical (unpaired) electrons. The number of ether oxygens (including phenoxy) is 1. The minimum atomic E-state index is -1.06. The van der Waals surface area contributed by atoms with Crippen LogP contribution in [0.4, 0.5) is 0 Å². The zero-order valence-corrected chi connectivity index (χ0v) is 8.70. The van der Waals surface area contributed by atoms with E-state index in [1.807, 2.05) is 0 Å². The van der Waals surface area contributed by atoms with Gasteiger partial charge in [-0.05, 0) is 12.5 Å². The number of nitrogens with zero attached hydrogens (tertiary/aromatic N) is 1. The van der Waals surface area contributed by atoms with E-state index in [1.165, 1.54) is 12.1 Å². The third kappa shape index (κ3) is 3.59. The number of aromatic carboxylic acids is 1. The van der Waals surface area contributed by atoms with Gasteiger partial charge < -0.3 is 9.84 Å². The molecule has 0 spiro atoms. The second-order valence-corrected chi connectivity index (χ2v) is 3.13. The van der Waals surface area contributed by atoms with Gasteiger partial charge in [0.15, 0.2) is 0 Å². The summed E-state index contributed by atoms with van der Waals surface area (Å²) >= 11 is 5.63. The van der Waals surface area contributed by atoms with Crippen LogP contribution in [0.3, 0.4) is 0 Å². The molecule has 0 aliphatic carbocycles. The summed E-state index contributed by atoms with van der Waals surface area (Å²) < 4.78 is 5.19. The summed E-state index contributed by atoms with van der Waals surface area (Å²) in [5.41, 5.74) is 0.0589. The molecular formula is C10H10ClNO3. The van der Waals surface area contributed by atoms with Crippen molar-refractivity contribution in [2.45, 2.75) is 6.42 Å². The van der Waals surface area contributed by atoms with Crippen molar-refractivity contribution < 1.29 is 14.6 Å². The standard InChI is InChI=1S/C10H10ClNO3/c1-2-3-4-15-9-6-7(10(13)14)5-8(11)12-9/h2,5-6H,1,3-4H2,(H,13,14). The lowest BCUT2D eigenvalue weighted by molar-refractivity contribution is 0.0696. The number of hydrogen-bond donors (Lipinski definition) is 1. The number of carboxylic acids is 1. The molecule has 0 saturated heterocycles.